The highest BCUT2D eigenvalue weighted by Gasteiger charge is 2.56. The molecule has 0 amide bonds. The Morgan fingerprint density at radius 3 is 1.20 bits per heavy atom. The molecule has 45 heavy (non-hydrogen) atoms. The summed E-state index contributed by atoms with van der Waals surface area (Å²) in [5, 5.41) is 143. The van der Waals surface area contributed by atoms with E-state index in [9.17, 15) is 71.5 Å². The maximum atomic E-state index is 11.1. The van der Waals surface area contributed by atoms with E-state index in [2.05, 4.69) is 0 Å². The number of hydrogen-bond acceptors (Lipinski definition) is 21. The summed E-state index contributed by atoms with van der Waals surface area (Å²) in [5.41, 5.74) is 0. The van der Waals surface area contributed by atoms with Crippen LogP contribution in [-0.2, 0) is 33.2 Å². The highest BCUT2D eigenvalue weighted by Crippen LogP contribution is 2.35. The molecule has 0 bridgehead atoms. The van der Waals surface area contributed by atoms with Gasteiger partial charge in [-0.15, -0.1) is 0 Å². The minimum Gasteiger partial charge on any atom is -0.394 e. The number of aliphatic hydroxyl groups is 14. The van der Waals surface area contributed by atoms with E-state index in [4.69, 9.17) is 33.2 Å². The molecule has 0 unspecified atom stereocenters. The first kappa shape index (κ1) is 37.0. The van der Waals surface area contributed by atoms with Gasteiger partial charge < -0.3 is 105 Å². The summed E-state index contributed by atoms with van der Waals surface area (Å²) in [7, 11) is 0. The SMILES string of the molecule is OC[C@H]1O[C@@H](O[C@H]2[C@H](O[C@@H]3[C@@H](O)[C@H](O)[C@H](O)O[C@@H]3CO)O[C@H](CO)[C@@H](O)[C@@H]2O[C@@H]2O[C@H](CO)[C@@H](O)[C@H](O)[C@H]2O)[C@H](O)[C@@H](O)[C@@H]1O. The van der Waals surface area contributed by atoms with Gasteiger partial charge in [0.05, 0.1) is 26.4 Å². The Morgan fingerprint density at radius 1 is 0.333 bits per heavy atom. The zero-order valence-corrected chi connectivity index (χ0v) is 23.5. The number of hydrogen-bond donors (Lipinski definition) is 14. The molecule has 0 aromatic carbocycles. The lowest BCUT2D eigenvalue weighted by molar-refractivity contribution is -0.405. The molecule has 21 nitrogen and oxygen atoms in total. The average molecular weight is 667 g/mol. The average Bonchev–Trinajstić information content (AvgIpc) is 3.03. The molecule has 0 aliphatic carbocycles. The van der Waals surface area contributed by atoms with Gasteiger partial charge in [0.25, 0.3) is 0 Å². The second-order valence-corrected chi connectivity index (χ2v) is 11.1. The Hall–Kier alpha value is -0.840. The van der Waals surface area contributed by atoms with Crippen LogP contribution in [0.5, 0.6) is 0 Å². The fraction of sp³-hybridized carbons (Fsp3) is 1.00. The lowest BCUT2D eigenvalue weighted by Crippen LogP contribution is -2.68. The van der Waals surface area contributed by atoms with E-state index in [1.165, 1.54) is 0 Å². The van der Waals surface area contributed by atoms with E-state index in [0.717, 1.165) is 0 Å². The monoisotopic (exact) mass is 666 g/mol. The summed E-state index contributed by atoms with van der Waals surface area (Å²) in [6, 6.07) is 0. The summed E-state index contributed by atoms with van der Waals surface area (Å²) in [6.07, 6.45) is -36.8. The van der Waals surface area contributed by atoms with E-state index in [1.807, 2.05) is 0 Å². The molecule has 20 atom stereocenters. The normalized spacial score (nSPS) is 52.9. The van der Waals surface area contributed by atoms with Crippen molar-refractivity contribution in [1.82, 2.24) is 0 Å². The van der Waals surface area contributed by atoms with Crippen LogP contribution in [0.25, 0.3) is 0 Å². The lowest BCUT2D eigenvalue weighted by atomic mass is 9.95. The predicted octanol–water partition coefficient (Wildman–Crippen LogP) is -9.75. The maximum absolute atomic E-state index is 11.1. The summed E-state index contributed by atoms with van der Waals surface area (Å²) in [5.74, 6) is 0. The number of aliphatic hydroxyl groups excluding tert-OH is 14. The fourth-order valence-corrected chi connectivity index (χ4v) is 5.51. The molecule has 0 aromatic heterocycles. The van der Waals surface area contributed by atoms with Gasteiger partial charge in [0.15, 0.2) is 25.2 Å². The van der Waals surface area contributed by atoms with Gasteiger partial charge in [0.2, 0.25) is 0 Å². The number of rotatable bonds is 10. The quantitative estimate of drug-likeness (QED) is 0.103. The van der Waals surface area contributed by atoms with Crippen molar-refractivity contribution in [2.45, 2.75) is 123 Å². The van der Waals surface area contributed by atoms with Crippen LogP contribution in [0.4, 0.5) is 0 Å². The molecule has 21 heteroatoms. The number of ether oxygens (including phenoxy) is 7. The molecular weight excluding hydrogens is 624 g/mol. The van der Waals surface area contributed by atoms with Crippen LogP contribution >= 0.6 is 0 Å². The zero-order chi connectivity index (χ0) is 33.3. The van der Waals surface area contributed by atoms with Gasteiger partial charge in [0, 0.05) is 0 Å². The van der Waals surface area contributed by atoms with E-state index >= 15 is 0 Å². The molecule has 4 saturated heterocycles. The van der Waals surface area contributed by atoms with Crippen LogP contribution in [0, 0.1) is 0 Å². The van der Waals surface area contributed by atoms with Crippen LogP contribution in [0.3, 0.4) is 0 Å². The van der Waals surface area contributed by atoms with E-state index in [-0.39, 0.29) is 0 Å². The molecule has 0 saturated carbocycles. The first-order valence-corrected chi connectivity index (χ1v) is 14.1. The molecule has 0 radical (unpaired) electrons. The highest BCUT2D eigenvalue weighted by atomic mass is 16.8. The van der Waals surface area contributed by atoms with Gasteiger partial charge in [-0.2, -0.15) is 0 Å². The van der Waals surface area contributed by atoms with Crippen molar-refractivity contribution in [3.63, 3.8) is 0 Å². The molecule has 4 heterocycles. The lowest BCUT2D eigenvalue weighted by Gasteiger charge is -2.50. The first-order valence-electron chi connectivity index (χ1n) is 14.1. The van der Waals surface area contributed by atoms with Crippen LogP contribution in [0.15, 0.2) is 0 Å². The fourth-order valence-electron chi connectivity index (χ4n) is 5.51. The van der Waals surface area contributed by atoms with Crippen LogP contribution < -0.4 is 0 Å². The van der Waals surface area contributed by atoms with E-state index in [0.29, 0.717) is 0 Å². The molecule has 264 valence electrons. The van der Waals surface area contributed by atoms with Gasteiger partial charge in [0.1, 0.15) is 97.7 Å². The Morgan fingerprint density at radius 2 is 0.733 bits per heavy atom. The third-order valence-corrected chi connectivity index (χ3v) is 8.21. The summed E-state index contributed by atoms with van der Waals surface area (Å²) in [4.78, 5) is 0. The zero-order valence-electron chi connectivity index (χ0n) is 23.5. The molecule has 4 aliphatic heterocycles. The van der Waals surface area contributed by atoms with Gasteiger partial charge in [-0.25, -0.2) is 0 Å². The topological polar surface area (TPSA) is 348 Å². The van der Waals surface area contributed by atoms with Gasteiger partial charge in [-0.3, -0.25) is 0 Å². The van der Waals surface area contributed by atoms with Crippen molar-refractivity contribution in [2.75, 3.05) is 26.4 Å². The molecule has 4 fully saturated rings. The first-order chi connectivity index (χ1) is 21.3. The van der Waals surface area contributed by atoms with Crippen LogP contribution in [0.2, 0.25) is 0 Å². The minimum atomic E-state index is -2.03. The summed E-state index contributed by atoms with van der Waals surface area (Å²) < 4.78 is 38.7. The molecular formula is C24H42O21. The largest absolute Gasteiger partial charge is 0.394 e. The third kappa shape index (κ3) is 7.44. The Kier molecular flexibility index (Phi) is 12.8. The van der Waals surface area contributed by atoms with Gasteiger partial charge >= 0.3 is 0 Å². The Labute approximate surface area is 254 Å². The van der Waals surface area contributed by atoms with Gasteiger partial charge in [-0.05, 0) is 0 Å². The maximum Gasteiger partial charge on any atom is 0.187 e. The minimum absolute atomic E-state index is 0.854. The summed E-state index contributed by atoms with van der Waals surface area (Å²) >= 11 is 0. The molecule has 4 rings (SSSR count). The summed E-state index contributed by atoms with van der Waals surface area (Å²) in [6.45, 7) is -3.53. The molecule has 0 spiro atoms. The molecule has 0 aromatic rings. The second-order valence-electron chi connectivity index (χ2n) is 11.1. The molecule has 14 N–H and O–H groups in total. The van der Waals surface area contributed by atoms with Crippen molar-refractivity contribution in [3.8, 4) is 0 Å². The van der Waals surface area contributed by atoms with Crippen molar-refractivity contribution >= 4 is 0 Å². The standard InChI is InChI=1S/C24H42O21/c25-1-5-9(29)12(32)16(36)22(40-5)44-19-11(31)7(3-27)42-24(43-18-8(4-28)39-21(38)15(35)14(18)34)20(19)45-23-17(37)13(33)10(30)6(2-26)41-23/h5-38H,1-4H2/t5-,6-,7-,8-,9-,10-,11-,12+,13+,14+,15+,16-,17-,18+,19+,20-,21-,22+,23+,24+/m1/s1. The van der Waals surface area contributed by atoms with Crippen molar-refractivity contribution in [2.24, 2.45) is 0 Å². The van der Waals surface area contributed by atoms with Crippen molar-refractivity contribution in [1.29, 1.82) is 0 Å². The van der Waals surface area contributed by atoms with Crippen LogP contribution in [0.1, 0.15) is 0 Å². The van der Waals surface area contributed by atoms with E-state index < -0.39 is 149 Å². The third-order valence-electron chi connectivity index (χ3n) is 8.21. The Balaban J connectivity index is 1.70. The van der Waals surface area contributed by atoms with Crippen molar-refractivity contribution in [3.05, 3.63) is 0 Å². The molecule has 4 aliphatic rings. The Bertz CT molecular complexity index is 912. The van der Waals surface area contributed by atoms with Crippen LogP contribution in [-0.4, -0.2) is 221 Å². The second kappa shape index (κ2) is 15.6. The van der Waals surface area contributed by atoms with E-state index in [1.54, 1.807) is 0 Å². The van der Waals surface area contributed by atoms with Crippen molar-refractivity contribution < 1.29 is 105 Å². The highest BCUT2D eigenvalue weighted by molar-refractivity contribution is 4.98. The smallest absolute Gasteiger partial charge is 0.187 e. The van der Waals surface area contributed by atoms with Gasteiger partial charge in [-0.1, -0.05) is 0 Å². The predicted molar refractivity (Wildman–Crippen MR) is 134 cm³/mol.